The maximum absolute atomic E-state index is 11.5. The molecule has 0 spiro atoms. The Morgan fingerprint density at radius 2 is 1.92 bits per heavy atom. The largest absolute Gasteiger partial charge is 0.387 e. The highest BCUT2D eigenvalue weighted by atomic mass is 35.5. The highest BCUT2D eigenvalue weighted by molar-refractivity contribution is 7.99. The second-order valence-corrected chi connectivity index (χ2v) is 8.22. The summed E-state index contributed by atoms with van der Waals surface area (Å²) >= 11 is 7.55. The average molecular weight is 387 g/mol. The Balaban J connectivity index is 1.83. The van der Waals surface area contributed by atoms with Gasteiger partial charge in [-0.2, -0.15) is 0 Å². The summed E-state index contributed by atoms with van der Waals surface area (Å²) in [5, 5.41) is 18.5. The molecule has 0 saturated heterocycles. The highest BCUT2D eigenvalue weighted by Gasteiger charge is 2.16. The van der Waals surface area contributed by atoms with E-state index in [4.69, 9.17) is 16.7 Å². The number of hydrogen-bond donors (Lipinski definition) is 3. The van der Waals surface area contributed by atoms with Crippen molar-refractivity contribution in [2.75, 3.05) is 18.8 Å². The predicted molar refractivity (Wildman–Crippen MR) is 97.8 cm³/mol. The van der Waals surface area contributed by atoms with Crippen LogP contribution < -0.4 is 10.5 Å². The molecule has 0 saturated carbocycles. The lowest BCUT2D eigenvalue weighted by Crippen LogP contribution is -2.24. The van der Waals surface area contributed by atoms with Gasteiger partial charge < -0.3 is 10.4 Å². The Labute approximate surface area is 151 Å². The summed E-state index contributed by atoms with van der Waals surface area (Å²) in [6, 6.07) is 14.4. The van der Waals surface area contributed by atoms with Gasteiger partial charge in [-0.1, -0.05) is 35.9 Å². The van der Waals surface area contributed by atoms with Crippen molar-refractivity contribution >= 4 is 33.4 Å². The third kappa shape index (κ3) is 5.77. The average Bonchev–Trinajstić information content (AvgIpc) is 2.54. The number of aliphatic hydroxyl groups is 1. The lowest BCUT2D eigenvalue weighted by molar-refractivity contribution is 0.175. The molecule has 2 rings (SSSR count). The maximum Gasteiger partial charge on any atom is 0.239 e. The second-order valence-electron chi connectivity index (χ2n) is 5.12. The number of hydrogen-bond acceptors (Lipinski definition) is 5. The number of primary sulfonamides is 1. The van der Waals surface area contributed by atoms with Crippen LogP contribution in [-0.4, -0.2) is 32.4 Å². The summed E-state index contributed by atoms with van der Waals surface area (Å²) in [7, 11) is -3.92. The standard InChI is InChI=1S/C16H19ClN2O3S2/c17-14-7-6-12(10-16(14)24(18,21)22)15(20)11-19-8-9-23-13-4-2-1-3-5-13/h1-7,10,15,19-20H,8-9,11H2,(H2,18,21,22). The van der Waals surface area contributed by atoms with E-state index in [1.54, 1.807) is 17.8 Å². The van der Waals surface area contributed by atoms with E-state index in [0.717, 1.165) is 5.75 Å². The van der Waals surface area contributed by atoms with E-state index in [1.807, 2.05) is 30.3 Å². The lowest BCUT2D eigenvalue weighted by Gasteiger charge is -2.13. The van der Waals surface area contributed by atoms with E-state index in [2.05, 4.69) is 5.32 Å². The van der Waals surface area contributed by atoms with Gasteiger partial charge in [0.1, 0.15) is 4.90 Å². The predicted octanol–water partition coefficient (Wildman–Crippen LogP) is 2.40. The third-order valence-corrected chi connectivity index (χ3v) is 5.68. The molecule has 8 heteroatoms. The van der Waals surface area contributed by atoms with Crippen LogP contribution in [0.4, 0.5) is 0 Å². The molecule has 5 nitrogen and oxygen atoms in total. The van der Waals surface area contributed by atoms with Gasteiger partial charge in [0.15, 0.2) is 0 Å². The number of aliphatic hydroxyl groups excluding tert-OH is 1. The number of nitrogens with two attached hydrogens (primary N) is 1. The van der Waals surface area contributed by atoms with Crippen molar-refractivity contribution in [3.05, 3.63) is 59.1 Å². The molecule has 2 aromatic rings. The van der Waals surface area contributed by atoms with Crippen molar-refractivity contribution in [3.8, 4) is 0 Å². The molecule has 0 aliphatic rings. The van der Waals surface area contributed by atoms with Crippen LogP contribution in [0.25, 0.3) is 0 Å². The van der Waals surface area contributed by atoms with Gasteiger partial charge in [0.05, 0.1) is 11.1 Å². The number of benzene rings is 2. The molecule has 0 aliphatic heterocycles. The fourth-order valence-electron chi connectivity index (χ4n) is 2.06. The Hall–Kier alpha value is -1.09. The summed E-state index contributed by atoms with van der Waals surface area (Å²) in [5.74, 6) is 0.861. The lowest BCUT2D eigenvalue weighted by atomic mass is 10.1. The Bertz CT molecular complexity index is 770. The number of sulfonamides is 1. The van der Waals surface area contributed by atoms with Crippen molar-refractivity contribution in [3.63, 3.8) is 0 Å². The summed E-state index contributed by atoms with van der Waals surface area (Å²) in [6.07, 6.45) is -0.843. The molecule has 4 N–H and O–H groups in total. The first-order valence-electron chi connectivity index (χ1n) is 7.27. The van der Waals surface area contributed by atoms with E-state index in [0.29, 0.717) is 18.7 Å². The molecule has 0 heterocycles. The first-order chi connectivity index (χ1) is 11.4. The zero-order valence-corrected chi connectivity index (χ0v) is 15.2. The summed E-state index contributed by atoms with van der Waals surface area (Å²) in [5.41, 5.74) is 0.451. The van der Waals surface area contributed by atoms with Gasteiger partial charge in [-0.3, -0.25) is 0 Å². The third-order valence-electron chi connectivity index (χ3n) is 3.28. The van der Waals surface area contributed by atoms with E-state index in [1.165, 1.54) is 17.0 Å². The number of rotatable bonds is 8. The van der Waals surface area contributed by atoms with Crippen LogP contribution in [0.1, 0.15) is 11.7 Å². The minimum absolute atomic E-state index is 0.0423. The van der Waals surface area contributed by atoms with Gasteiger partial charge in [-0.25, -0.2) is 13.6 Å². The Kier molecular flexibility index (Phi) is 7.09. The highest BCUT2D eigenvalue weighted by Crippen LogP contribution is 2.24. The van der Waals surface area contributed by atoms with Crippen molar-refractivity contribution in [2.24, 2.45) is 5.14 Å². The van der Waals surface area contributed by atoms with Crippen molar-refractivity contribution in [1.82, 2.24) is 5.32 Å². The second kappa shape index (κ2) is 8.84. The van der Waals surface area contributed by atoms with Crippen LogP contribution in [0.3, 0.4) is 0 Å². The smallest absolute Gasteiger partial charge is 0.239 e. The molecule has 0 aliphatic carbocycles. The van der Waals surface area contributed by atoms with Crippen LogP contribution in [0.5, 0.6) is 0 Å². The quantitative estimate of drug-likeness (QED) is 0.478. The van der Waals surface area contributed by atoms with E-state index in [-0.39, 0.29) is 9.92 Å². The van der Waals surface area contributed by atoms with E-state index >= 15 is 0 Å². The first kappa shape index (κ1) is 19.2. The van der Waals surface area contributed by atoms with E-state index < -0.39 is 16.1 Å². The van der Waals surface area contributed by atoms with E-state index in [9.17, 15) is 13.5 Å². The van der Waals surface area contributed by atoms with Crippen LogP contribution in [-0.2, 0) is 10.0 Å². The van der Waals surface area contributed by atoms with Gasteiger partial charge in [0, 0.05) is 23.7 Å². The number of halogens is 1. The minimum Gasteiger partial charge on any atom is -0.387 e. The topological polar surface area (TPSA) is 92.4 Å². The maximum atomic E-state index is 11.5. The molecular formula is C16H19ClN2O3S2. The fraction of sp³-hybridized carbons (Fsp3) is 0.250. The van der Waals surface area contributed by atoms with Crippen molar-refractivity contribution in [2.45, 2.75) is 15.9 Å². The van der Waals surface area contributed by atoms with Gasteiger partial charge in [-0.05, 0) is 29.8 Å². The Morgan fingerprint density at radius 3 is 2.58 bits per heavy atom. The number of thioether (sulfide) groups is 1. The fourth-order valence-corrected chi connectivity index (χ4v) is 3.97. The van der Waals surface area contributed by atoms with Crippen LogP contribution in [0.2, 0.25) is 5.02 Å². The molecule has 0 fully saturated rings. The van der Waals surface area contributed by atoms with Crippen LogP contribution in [0.15, 0.2) is 58.3 Å². The number of nitrogens with one attached hydrogen (secondary N) is 1. The summed E-state index contributed by atoms with van der Waals surface area (Å²) in [6.45, 7) is 1.02. The summed E-state index contributed by atoms with van der Waals surface area (Å²) < 4.78 is 22.9. The Morgan fingerprint density at radius 1 is 1.21 bits per heavy atom. The minimum atomic E-state index is -3.92. The van der Waals surface area contributed by atoms with Gasteiger partial charge >= 0.3 is 0 Å². The van der Waals surface area contributed by atoms with Gasteiger partial charge in [-0.15, -0.1) is 11.8 Å². The first-order valence-corrected chi connectivity index (χ1v) is 10.2. The summed E-state index contributed by atoms with van der Waals surface area (Å²) in [4.78, 5) is 1.01. The molecule has 130 valence electrons. The molecule has 0 aromatic heterocycles. The molecule has 1 unspecified atom stereocenters. The molecule has 0 amide bonds. The van der Waals surface area contributed by atoms with Crippen molar-refractivity contribution < 1.29 is 13.5 Å². The molecule has 2 aromatic carbocycles. The van der Waals surface area contributed by atoms with Crippen molar-refractivity contribution in [1.29, 1.82) is 0 Å². The SMILES string of the molecule is NS(=O)(=O)c1cc(C(O)CNCCSc2ccccc2)ccc1Cl. The molecule has 0 radical (unpaired) electrons. The van der Waals surface area contributed by atoms with Gasteiger partial charge in [0.2, 0.25) is 10.0 Å². The molecule has 1 atom stereocenters. The van der Waals surface area contributed by atoms with Crippen LogP contribution in [0, 0.1) is 0 Å². The van der Waals surface area contributed by atoms with Crippen LogP contribution >= 0.6 is 23.4 Å². The van der Waals surface area contributed by atoms with Gasteiger partial charge in [0.25, 0.3) is 0 Å². The zero-order valence-electron chi connectivity index (χ0n) is 12.9. The molecule has 24 heavy (non-hydrogen) atoms. The monoisotopic (exact) mass is 386 g/mol. The molecular weight excluding hydrogens is 368 g/mol. The normalized spacial score (nSPS) is 13.0. The zero-order chi connectivity index (χ0) is 17.6. The molecule has 0 bridgehead atoms.